The van der Waals surface area contributed by atoms with Gasteiger partial charge in [-0.15, -0.1) is 0 Å². The fourth-order valence-corrected chi connectivity index (χ4v) is 5.19. The summed E-state index contributed by atoms with van der Waals surface area (Å²) in [6, 6.07) is 11.4. The first-order valence-electron chi connectivity index (χ1n) is 8.96. The van der Waals surface area contributed by atoms with Gasteiger partial charge in [-0.2, -0.15) is 0 Å². The molecule has 1 aromatic carbocycles. The van der Waals surface area contributed by atoms with Crippen molar-refractivity contribution in [3.05, 3.63) is 54.4 Å². The second-order valence-electron chi connectivity index (χ2n) is 7.24. The van der Waals surface area contributed by atoms with Crippen molar-refractivity contribution in [3.8, 4) is 5.88 Å². The van der Waals surface area contributed by atoms with Gasteiger partial charge in [-0.05, 0) is 23.8 Å². The van der Waals surface area contributed by atoms with Crippen molar-refractivity contribution in [2.24, 2.45) is 0 Å². The molecule has 7 nitrogen and oxygen atoms in total. The molecule has 0 aliphatic carbocycles. The summed E-state index contributed by atoms with van der Waals surface area (Å²) in [5.74, 6) is 0.191. The second kappa shape index (κ2) is 6.05. The summed E-state index contributed by atoms with van der Waals surface area (Å²) >= 11 is 0. The summed E-state index contributed by atoms with van der Waals surface area (Å²) in [4.78, 5) is 9.89. The van der Waals surface area contributed by atoms with Crippen LogP contribution >= 0.6 is 0 Å². The normalized spacial score (nSPS) is 24.6. The number of benzene rings is 1. The number of hydrogen-bond acceptors (Lipinski definition) is 5. The van der Waals surface area contributed by atoms with E-state index < -0.39 is 15.6 Å². The molecule has 1 fully saturated rings. The number of aromatic nitrogens is 2. The Hall–Kier alpha value is -2.42. The summed E-state index contributed by atoms with van der Waals surface area (Å²) in [6.45, 7) is 2.52. The Labute approximate surface area is 157 Å². The fourth-order valence-electron chi connectivity index (χ4n) is 4.00. The van der Waals surface area contributed by atoms with Crippen molar-refractivity contribution in [2.45, 2.75) is 23.5 Å². The van der Waals surface area contributed by atoms with E-state index >= 15 is 0 Å². The van der Waals surface area contributed by atoms with Crippen molar-refractivity contribution in [1.29, 1.82) is 0 Å². The largest absolute Gasteiger partial charge is 0.467 e. The van der Waals surface area contributed by atoms with Crippen LogP contribution in [0.3, 0.4) is 0 Å². The number of hydrogen-bond donors (Lipinski definition) is 2. The molecule has 3 aromatic rings. The summed E-state index contributed by atoms with van der Waals surface area (Å²) in [6.07, 6.45) is 4.35. The molecule has 1 saturated heterocycles. The molecular formula is C19H20N4O3S. The average Bonchev–Trinajstić information content (AvgIpc) is 3.23. The van der Waals surface area contributed by atoms with Gasteiger partial charge in [0, 0.05) is 49.4 Å². The maximum absolute atomic E-state index is 12.5. The van der Waals surface area contributed by atoms with E-state index in [-0.39, 0.29) is 17.3 Å². The SMILES string of the molecule is O=S1(=O)NCC2(CCN(Cc3c[nH]c4ccccc34)C2)Oc2ncccc21. The third kappa shape index (κ3) is 2.90. The molecule has 4 heterocycles. The first kappa shape index (κ1) is 16.7. The number of nitrogens with one attached hydrogen (secondary N) is 2. The standard InChI is InChI=1S/C19H20N4O3S/c24-27(25)17-6-3-8-20-18(17)26-19(12-22-27)7-9-23(13-19)11-14-10-21-16-5-2-1-4-15(14)16/h1-6,8,10,21-22H,7,9,11-13H2. The molecule has 2 aliphatic heterocycles. The quantitative estimate of drug-likeness (QED) is 0.704. The first-order valence-corrected chi connectivity index (χ1v) is 10.4. The number of aromatic amines is 1. The van der Waals surface area contributed by atoms with E-state index in [0.717, 1.165) is 25.0 Å². The van der Waals surface area contributed by atoms with Crippen LogP contribution in [-0.4, -0.2) is 48.5 Å². The van der Waals surface area contributed by atoms with Gasteiger partial charge in [0.15, 0.2) is 0 Å². The summed E-state index contributed by atoms with van der Waals surface area (Å²) in [5, 5.41) is 1.22. The molecule has 1 spiro atoms. The zero-order chi connectivity index (χ0) is 18.5. The predicted molar refractivity (Wildman–Crippen MR) is 101 cm³/mol. The Morgan fingerprint density at radius 2 is 2.11 bits per heavy atom. The van der Waals surface area contributed by atoms with Gasteiger partial charge in [-0.25, -0.2) is 18.1 Å². The maximum Gasteiger partial charge on any atom is 0.246 e. The van der Waals surface area contributed by atoms with E-state index in [1.54, 1.807) is 12.3 Å². The highest BCUT2D eigenvalue weighted by atomic mass is 32.2. The lowest BCUT2D eigenvalue weighted by molar-refractivity contribution is 0.0748. The zero-order valence-electron chi connectivity index (χ0n) is 14.7. The Kier molecular flexibility index (Phi) is 3.75. The number of nitrogens with zero attached hydrogens (tertiary/aromatic N) is 2. The van der Waals surface area contributed by atoms with Crippen LogP contribution < -0.4 is 9.46 Å². The Morgan fingerprint density at radius 3 is 3.04 bits per heavy atom. The third-order valence-corrected chi connectivity index (χ3v) is 6.80. The minimum absolute atomic E-state index is 0.108. The number of para-hydroxylation sites is 1. The predicted octanol–water partition coefficient (Wildman–Crippen LogP) is 1.88. The molecule has 1 atom stereocenters. The summed E-state index contributed by atoms with van der Waals surface area (Å²) in [5.41, 5.74) is 1.76. The third-order valence-electron chi connectivity index (χ3n) is 5.39. The molecule has 2 aromatic heterocycles. The van der Waals surface area contributed by atoms with E-state index in [1.165, 1.54) is 17.0 Å². The smallest absolute Gasteiger partial charge is 0.246 e. The molecule has 5 rings (SSSR count). The molecular weight excluding hydrogens is 364 g/mol. The van der Waals surface area contributed by atoms with Crippen molar-refractivity contribution >= 4 is 20.9 Å². The zero-order valence-corrected chi connectivity index (χ0v) is 15.5. The number of H-pyrrole nitrogens is 1. The van der Waals surface area contributed by atoms with Crippen LogP contribution in [0, 0.1) is 0 Å². The van der Waals surface area contributed by atoms with Gasteiger partial charge < -0.3 is 9.72 Å². The van der Waals surface area contributed by atoms with Crippen LogP contribution in [0.25, 0.3) is 10.9 Å². The van der Waals surface area contributed by atoms with E-state index in [2.05, 4.69) is 31.7 Å². The summed E-state index contributed by atoms with van der Waals surface area (Å²) < 4.78 is 33.8. The van der Waals surface area contributed by atoms with Gasteiger partial charge >= 0.3 is 0 Å². The van der Waals surface area contributed by atoms with Crippen LogP contribution in [0.5, 0.6) is 5.88 Å². The van der Waals surface area contributed by atoms with Crippen molar-refractivity contribution in [2.75, 3.05) is 19.6 Å². The Bertz CT molecular complexity index is 1110. The van der Waals surface area contributed by atoms with Gasteiger partial charge in [0.25, 0.3) is 0 Å². The molecule has 0 amide bonds. The van der Waals surface area contributed by atoms with Gasteiger partial charge in [-0.1, -0.05) is 18.2 Å². The van der Waals surface area contributed by atoms with Gasteiger partial charge in [0.2, 0.25) is 15.9 Å². The van der Waals surface area contributed by atoms with Crippen LogP contribution in [0.15, 0.2) is 53.7 Å². The van der Waals surface area contributed by atoms with Crippen molar-refractivity contribution < 1.29 is 13.2 Å². The monoisotopic (exact) mass is 384 g/mol. The molecule has 0 radical (unpaired) electrons. The average molecular weight is 384 g/mol. The molecule has 0 saturated carbocycles. The lowest BCUT2D eigenvalue weighted by Crippen LogP contribution is -2.47. The van der Waals surface area contributed by atoms with E-state index in [0.29, 0.717) is 6.54 Å². The molecule has 0 bridgehead atoms. The number of rotatable bonds is 2. The molecule has 8 heteroatoms. The highest BCUT2D eigenvalue weighted by molar-refractivity contribution is 7.89. The summed E-state index contributed by atoms with van der Waals surface area (Å²) in [7, 11) is -3.60. The number of likely N-dealkylation sites (tertiary alicyclic amines) is 1. The van der Waals surface area contributed by atoms with E-state index in [1.807, 2.05) is 18.3 Å². The van der Waals surface area contributed by atoms with Gasteiger partial charge in [0.1, 0.15) is 10.5 Å². The minimum atomic E-state index is -3.60. The molecule has 27 heavy (non-hydrogen) atoms. The van der Waals surface area contributed by atoms with E-state index in [4.69, 9.17) is 4.74 Å². The minimum Gasteiger partial charge on any atom is -0.467 e. The maximum atomic E-state index is 12.5. The molecule has 1 unspecified atom stereocenters. The number of pyridine rings is 1. The van der Waals surface area contributed by atoms with Gasteiger partial charge in [0.05, 0.1) is 6.54 Å². The van der Waals surface area contributed by atoms with Crippen LogP contribution in [0.4, 0.5) is 0 Å². The highest BCUT2D eigenvalue weighted by Crippen LogP contribution is 2.34. The van der Waals surface area contributed by atoms with Crippen molar-refractivity contribution in [3.63, 3.8) is 0 Å². The molecule has 2 aliphatic rings. The van der Waals surface area contributed by atoms with Crippen LogP contribution in [-0.2, 0) is 16.6 Å². The highest BCUT2D eigenvalue weighted by Gasteiger charge is 2.44. The molecule has 2 N–H and O–H groups in total. The fraction of sp³-hybridized carbons (Fsp3) is 0.316. The Morgan fingerprint density at radius 1 is 1.22 bits per heavy atom. The lowest BCUT2D eigenvalue weighted by atomic mass is 10.0. The number of ether oxygens (including phenoxy) is 1. The Balaban J connectivity index is 1.40. The van der Waals surface area contributed by atoms with Crippen LogP contribution in [0.1, 0.15) is 12.0 Å². The van der Waals surface area contributed by atoms with Crippen molar-refractivity contribution in [1.82, 2.24) is 19.6 Å². The van der Waals surface area contributed by atoms with Crippen LogP contribution in [0.2, 0.25) is 0 Å². The second-order valence-corrected chi connectivity index (χ2v) is 8.97. The number of fused-ring (bicyclic) bond motifs is 2. The first-order chi connectivity index (χ1) is 13.0. The van der Waals surface area contributed by atoms with Gasteiger partial charge in [-0.3, -0.25) is 4.90 Å². The lowest BCUT2D eigenvalue weighted by Gasteiger charge is -2.28. The molecule has 140 valence electrons. The topological polar surface area (TPSA) is 87.3 Å². The van der Waals surface area contributed by atoms with E-state index in [9.17, 15) is 8.42 Å². The number of sulfonamides is 1.